The molecule has 0 aliphatic heterocycles. The van der Waals surface area contributed by atoms with Crippen molar-refractivity contribution in [1.82, 2.24) is 20.1 Å². The first-order chi connectivity index (χ1) is 18.9. The van der Waals surface area contributed by atoms with Crippen molar-refractivity contribution in [2.45, 2.75) is 91.0 Å². The number of benzene rings is 1. The number of carbonyl (C=O) groups is 2. The fourth-order valence-electron chi connectivity index (χ4n) is 5.31. The molecule has 10 nitrogen and oxygen atoms in total. The van der Waals surface area contributed by atoms with Gasteiger partial charge in [-0.3, -0.25) is 9.48 Å². The molecule has 1 aliphatic rings. The molecular formula is C29H40FN7O3. The van der Waals surface area contributed by atoms with Crippen molar-refractivity contribution in [1.29, 1.82) is 0 Å². The fraction of sp³-hybridized carbons (Fsp3) is 0.517. The van der Waals surface area contributed by atoms with Crippen LogP contribution in [0.25, 0.3) is 10.9 Å². The number of carbonyl (C=O) groups excluding carboxylic acids is 2. The van der Waals surface area contributed by atoms with Gasteiger partial charge in [0.25, 0.3) is 5.91 Å². The third-order valence-electron chi connectivity index (χ3n) is 7.19. The van der Waals surface area contributed by atoms with Crippen molar-refractivity contribution in [3.8, 4) is 0 Å². The summed E-state index contributed by atoms with van der Waals surface area (Å²) in [6.45, 7) is 10.0. The number of alkyl carbamates (subject to hydrolysis) is 1. The van der Waals surface area contributed by atoms with Crippen LogP contribution in [0.1, 0.15) is 77.1 Å². The van der Waals surface area contributed by atoms with E-state index in [-0.39, 0.29) is 35.2 Å². The molecule has 0 saturated heterocycles. The van der Waals surface area contributed by atoms with E-state index in [0.717, 1.165) is 55.6 Å². The zero-order valence-electron chi connectivity index (χ0n) is 23.9. The van der Waals surface area contributed by atoms with E-state index in [1.807, 2.05) is 36.7 Å². The number of ether oxygens (including phenoxy) is 1. The zero-order chi connectivity index (χ0) is 29.0. The lowest BCUT2D eigenvalue weighted by atomic mass is 9.81. The van der Waals surface area contributed by atoms with E-state index in [9.17, 15) is 9.59 Å². The summed E-state index contributed by atoms with van der Waals surface area (Å²) in [4.78, 5) is 29.3. The highest BCUT2D eigenvalue weighted by Gasteiger charge is 2.32. The summed E-state index contributed by atoms with van der Waals surface area (Å²) in [7, 11) is 0. The summed E-state index contributed by atoms with van der Waals surface area (Å²) >= 11 is 0. The highest BCUT2D eigenvalue weighted by molar-refractivity contribution is 5.99. The third-order valence-corrected chi connectivity index (χ3v) is 7.19. The number of pyridine rings is 1. The van der Waals surface area contributed by atoms with Gasteiger partial charge in [-0.2, -0.15) is 5.10 Å². The molecule has 4 rings (SSSR count). The molecule has 1 fully saturated rings. The minimum absolute atomic E-state index is 0.0270. The molecule has 1 aliphatic carbocycles. The highest BCUT2D eigenvalue weighted by atomic mass is 19.1. The van der Waals surface area contributed by atoms with Crippen molar-refractivity contribution in [2.24, 2.45) is 11.7 Å². The number of halogens is 1. The first-order valence-corrected chi connectivity index (χ1v) is 13.9. The molecule has 0 radical (unpaired) electrons. The minimum atomic E-state index is -0.802. The van der Waals surface area contributed by atoms with Gasteiger partial charge in [0.1, 0.15) is 11.4 Å². The van der Waals surface area contributed by atoms with Crippen molar-refractivity contribution in [2.75, 3.05) is 10.6 Å². The summed E-state index contributed by atoms with van der Waals surface area (Å²) in [5.74, 6) is -1.22. The SMILES string of the molecule is CCn1ncc2cc(Nc3nc(N[C@H](C4CCCCC4)[C@H](C)NC(=O)OC(C)(C)C)c(F)cc3C(N)=O)ccc21. The number of hydrogen-bond donors (Lipinski definition) is 4. The van der Waals surface area contributed by atoms with Gasteiger partial charge in [0.15, 0.2) is 11.6 Å². The van der Waals surface area contributed by atoms with E-state index in [2.05, 4.69) is 26.0 Å². The number of aryl methyl sites for hydroxylation is 1. The highest BCUT2D eigenvalue weighted by Crippen LogP contribution is 2.32. The molecule has 1 aromatic carbocycles. The lowest BCUT2D eigenvalue weighted by molar-refractivity contribution is 0.0495. The van der Waals surface area contributed by atoms with Gasteiger partial charge >= 0.3 is 6.09 Å². The number of nitrogens with two attached hydrogens (primary N) is 1. The second-order valence-corrected chi connectivity index (χ2v) is 11.4. The Morgan fingerprint density at radius 1 is 1.18 bits per heavy atom. The molecule has 2 amide bonds. The molecule has 2 heterocycles. The van der Waals surface area contributed by atoms with Crippen LogP contribution in [0.3, 0.4) is 0 Å². The Balaban J connectivity index is 1.63. The summed E-state index contributed by atoms with van der Waals surface area (Å²) in [5.41, 5.74) is 6.50. The van der Waals surface area contributed by atoms with E-state index >= 15 is 4.39 Å². The molecule has 0 spiro atoms. The lowest BCUT2D eigenvalue weighted by Gasteiger charge is -2.36. The van der Waals surface area contributed by atoms with Crippen LogP contribution < -0.4 is 21.7 Å². The summed E-state index contributed by atoms with van der Waals surface area (Å²) in [6, 6.07) is 6.04. The molecule has 1 saturated carbocycles. The summed E-state index contributed by atoms with van der Waals surface area (Å²) < 4.78 is 22.7. The average molecular weight is 554 g/mol. The molecule has 2 aromatic heterocycles. The molecule has 40 heavy (non-hydrogen) atoms. The maximum atomic E-state index is 15.4. The van der Waals surface area contributed by atoms with E-state index in [1.165, 1.54) is 0 Å². The van der Waals surface area contributed by atoms with Crippen LogP contribution in [0, 0.1) is 11.7 Å². The van der Waals surface area contributed by atoms with Gasteiger partial charge in [-0.25, -0.2) is 14.2 Å². The molecule has 3 aromatic rings. The van der Waals surface area contributed by atoms with Crippen LogP contribution >= 0.6 is 0 Å². The van der Waals surface area contributed by atoms with Gasteiger partial charge in [-0.05, 0) is 77.6 Å². The quantitative estimate of drug-likeness (QED) is 0.267. The molecule has 11 heteroatoms. The monoisotopic (exact) mass is 553 g/mol. The number of rotatable bonds is 9. The number of primary amides is 1. The third kappa shape index (κ3) is 7.00. The summed E-state index contributed by atoms with van der Waals surface area (Å²) in [6.07, 6.45) is 6.37. The van der Waals surface area contributed by atoms with Crippen molar-refractivity contribution >= 4 is 40.2 Å². The fourth-order valence-corrected chi connectivity index (χ4v) is 5.31. The van der Waals surface area contributed by atoms with Gasteiger partial charge in [0.2, 0.25) is 0 Å². The number of nitrogens with zero attached hydrogens (tertiary/aromatic N) is 3. The normalized spacial score (nSPS) is 15.8. The van der Waals surface area contributed by atoms with Crippen LogP contribution in [-0.4, -0.2) is 44.4 Å². The van der Waals surface area contributed by atoms with Crippen LogP contribution in [0.2, 0.25) is 0 Å². The number of anilines is 3. The van der Waals surface area contributed by atoms with Gasteiger partial charge in [-0.1, -0.05) is 19.3 Å². The van der Waals surface area contributed by atoms with E-state index in [0.29, 0.717) is 5.69 Å². The van der Waals surface area contributed by atoms with Crippen molar-refractivity contribution in [3.63, 3.8) is 0 Å². The molecule has 5 N–H and O–H groups in total. The van der Waals surface area contributed by atoms with Crippen molar-refractivity contribution in [3.05, 3.63) is 41.8 Å². The Morgan fingerprint density at radius 3 is 2.55 bits per heavy atom. The first kappa shape index (κ1) is 29.1. The predicted molar refractivity (Wildman–Crippen MR) is 154 cm³/mol. The van der Waals surface area contributed by atoms with Crippen LogP contribution in [0.4, 0.5) is 26.5 Å². The standard InChI is InChI=1S/C29H40FN7O3/c1-6-37-23-13-12-20(14-19(23)16-32-37)34-26-21(25(31)38)15-22(30)27(36-26)35-24(18-10-8-7-9-11-18)17(2)33-28(39)40-29(3,4)5/h12-18,24H,6-11H2,1-5H3,(H2,31,38)(H,33,39)(H2,34,35,36)/t17-,24-/m0/s1. The molecule has 2 atom stereocenters. The Hall–Kier alpha value is -3.89. The maximum absolute atomic E-state index is 15.4. The number of aromatic nitrogens is 3. The number of fused-ring (bicyclic) bond motifs is 1. The first-order valence-electron chi connectivity index (χ1n) is 13.9. The minimum Gasteiger partial charge on any atom is -0.444 e. The molecule has 216 valence electrons. The van der Waals surface area contributed by atoms with Crippen LogP contribution in [-0.2, 0) is 11.3 Å². The largest absolute Gasteiger partial charge is 0.444 e. The number of hydrogen-bond acceptors (Lipinski definition) is 7. The number of amides is 2. The van der Waals surface area contributed by atoms with Crippen molar-refractivity contribution < 1.29 is 18.7 Å². The van der Waals surface area contributed by atoms with Crippen LogP contribution in [0.15, 0.2) is 30.5 Å². The number of nitrogens with one attached hydrogen (secondary N) is 3. The second-order valence-electron chi connectivity index (χ2n) is 11.4. The zero-order valence-corrected chi connectivity index (χ0v) is 23.9. The molecule has 0 bridgehead atoms. The second kappa shape index (κ2) is 12.1. The van der Waals surface area contributed by atoms with Gasteiger partial charge in [-0.15, -0.1) is 0 Å². The van der Waals surface area contributed by atoms with E-state index < -0.39 is 23.4 Å². The van der Waals surface area contributed by atoms with Crippen LogP contribution in [0.5, 0.6) is 0 Å². The Kier molecular flexibility index (Phi) is 8.80. The molecular weight excluding hydrogens is 513 g/mol. The van der Waals surface area contributed by atoms with Gasteiger partial charge in [0, 0.05) is 23.7 Å². The van der Waals surface area contributed by atoms with Gasteiger partial charge < -0.3 is 26.4 Å². The Labute approximate surface area is 234 Å². The predicted octanol–water partition coefficient (Wildman–Crippen LogP) is 5.71. The smallest absolute Gasteiger partial charge is 0.407 e. The average Bonchev–Trinajstić information content (AvgIpc) is 3.30. The Bertz CT molecular complexity index is 1360. The lowest BCUT2D eigenvalue weighted by Crippen LogP contribution is -2.50. The van der Waals surface area contributed by atoms with Gasteiger partial charge in [0.05, 0.1) is 23.3 Å². The Morgan fingerprint density at radius 2 is 1.90 bits per heavy atom. The van der Waals surface area contributed by atoms with E-state index in [4.69, 9.17) is 10.5 Å². The topological polar surface area (TPSA) is 136 Å². The molecule has 0 unspecified atom stereocenters. The maximum Gasteiger partial charge on any atom is 0.407 e. The summed E-state index contributed by atoms with van der Waals surface area (Å²) in [5, 5.41) is 14.6. The van der Waals surface area contributed by atoms with E-state index in [1.54, 1.807) is 27.0 Å².